The highest BCUT2D eigenvalue weighted by Crippen LogP contribution is 2.22. The second-order valence-electron chi connectivity index (χ2n) is 6.32. The fourth-order valence-electron chi connectivity index (χ4n) is 3.21. The summed E-state index contributed by atoms with van der Waals surface area (Å²) >= 11 is 0. The van der Waals surface area contributed by atoms with Crippen LogP contribution in [0.15, 0.2) is 48.7 Å². The first kappa shape index (κ1) is 15.6. The number of pyridine rings is 1. The van der Waals surface area contributed by atoms with E-state index in [0.29, 0.717) is 6.61 Å². The fraction of sp³-hybridized carbons (Fsp3) is 0.389. The second kappa shape index (κ2) is 7.34. The largest absolute Gasteiger partial charge is 0.354 e. The molecule has 0 saturated carbocycles. The number of piperazine rings is 1. The molecule has 5 nitrogen and oxygen atoms in total. The lowest BCUT2D eigenvalue weighted by Crippen LogP contribution is -2.46. The summed E-state index contributed by atoms with van der Waals surface area (Å²) in [4.78, 5) is 19.3. The summed E-state index contributed by atoms with van der Waals surface area (Å²) in [6, 6.07) is 14.9. The summed E-state index contributed by atoms with van der Waals surface area (Å²) < 4.78 is 0. The quantitative estimate of drug-likeness (QED) is 0.636. The monoisotopic (exact) mass is 322 g/mol. The second-order valence-corrected chi connectivity index (χ2v) is 6.32. The zero-order valence-electron chi connectivity index (χ0n) is 13.7. The number of rotatable bonds is 4. The lowest BCUT2D eigenvalue weighted by molar-refractivity contribution is -0.183. The van der Waals surface area contributed by atoms with E-state index >= 15 is 0 Å². The molecular weight excluding hydrogens is 301 g/mol. The molecule has 4 rings (SSSR count). The standard InChI is InChI=1S/C18H21BN3O2/c1-2-4-15(5-3-1)13-21-8-10-22(11-9-21)18-7-6-16(12-20-18)17-14-23-24-19-17/h1-7,12,17H,8-11,13-14H2. The Bertz CT molecular complexity index is 639. The molecule has 6 heteroatoms. The van der Waals surface area contributed by atoms with Gasteiger partial charge < -0.3 is 9.70 Å². The summed E-state index contributed by atoms with van der Waals surface area (Å²) in [6.07, 6.45) is 1.94. The van der Waals surface area contributed by atoms with Crippen LogP contribution in [0.1, 0.15) is 16.9 Å². The third-order valence-corrected chi connectivity index (χ3v) is 4.68. The Morgan fingerprint density at radius 1 is 1.04 bits per heavy atom. The van der Waals surface area contributed by atoms with Crippen molar-refractivity contribution in [2.45, 2.75) is 12.4 Å². The molecule has 1 aromatic carbocycles. The molecule has 2 aliphatic heterocycles. The van der Waals surface area contributed by atoms with Crippen molar-refractivity contribution in [2.75, 3.05) is 37.7 Å². The first-order valence-corrected chi connectivity index (χ1v) is 8.47. The number of aromatic nitrogens is 1. The van der Waals surface area contributed by atoms with E-state index < -0.39 is 0 Å². The van der Waals surface area contributed by atoms with Crippen LogP contribution < -0.4 is 4.90 Å². The average Bonchev–Trinajstić information content (AvgIpc) is 3.18. The lowest BCUT2D eigenvalue weighted by Gasteiger charge is -2.35. The van der Waals surface area contributed by atoms with E-state index in [4.69, 9.17) is 9.69 Å². The minimum Gasteiger partial charge on any atom is -0.354 e. The smallest absolute Gasteiger partial charge is 0.354 e. The molecule has 0 aliphatic carbocycles. The van der Waals surface area contributed by atoms with Crippen molar-refractivity contribution in [3.63, 3.8) is 0 Å². The first-order chi connectivity index (χ1) is 11.9. The van der Waals surface area contributed by atoms with Gasteiger partial charge >= 0.3 is 7.48 Å². The van der Waals surface area contributed by atoms with Gasteiger partial charge in [-0.05, 0) is 17.2 Å². The molecule has 1 radical (unpaired) electrons. The molecule has 2 aliphatic rings. The zero-order chi connectivity index (χ0) is 16.2. The highest BCUT2D eigenvalue weighted by Gasteiger charge is 2.23. The van der Waals surface area contributed by atoms with Crippen molar-refractivity contribution in [3.05, 3.63) is 59.8 Å². The minimum absolute atomic E-state index is 0.189. The maximum absolute atomic E-state index is 4.92. The van der Waals surface area contributed by atoms with Crippen LogP contribution >= 0.6 is 0 Å². The average molecular weight is 322 g/mol. The molecule has 2 saturated heterocycles. The van der Waals surface area contributed by atoms with Crippen LogP contribution in [0.4, 0.5) is 5.82 Å². The predicted molar refractivity (Wildman–Crippen MR) is 93.7 cm³/mol. The van der Waals surface area contributed by atoms with E-state index in [9.17, 15) is 0 Å². The third kappa shape index (κ3) is 3.61. The van der Waals surface area contributed by atoms with Crippen molar-refractivity contribution in [1.29, 1.82) is 0 Å². The lowest BCUT2D eigenvalue weighted by atomic mass is 9.77. The fourth-order valence-corrected chi connectivity index (χ4v) is 3.21. The molecule has 2 aromatic rings. The Kier molecular flexibility index (Phi) is 4.78. The molecule has 1 unspecified atom stereocenters. The highest BCUT2D eigenvalue weighted by molar-refractivity contribution is 6.30. The van der Waals surface area contributed by atoms with Crippen LogP contribution in [0.5, 0.6) is 0 Å². The number of nitrogens with zero attached hydrogens (tertiary/aromatic N) is 3. The van der Waals surface area contributed by atoms with Crippen LogP contribution in [0, 0.1) is 0 Å². The molecule has 3 heterocycles. The van der Waals surface area contributed by atoms with Gasteiger partial charge in [-0.2, -0.15) is 0 Å². The molecule has 1 aromatic heterocycles. The summed E-state index contributed by atoms with van der Waals surface area (Å²) in [5.41, 5.74) is 2.52. The van der Waals surface area contributed by atoms with Gasteiger partial charge in [-0.1, -0.05) is 36.4 Å². The van der Waals surface area contributed by atoms with Gasteiger partial charge in [-0.3, -0.25) is 9.79 Å². The van der Waals surface area contributed by atoms with Gasteiger partial charge in [0.05, 0.1) is 6.61 Å². The van der Waals surface area contributed by atoms with E-state index in [0.717, 1.165) is 44.1 Å². The van der Waals surface area contributed by atoms with Crippen molar-refractivity contribution in [1.82, 2.24) is 9.88 Å². The molecule has 0 N–H and O–H groups in total. The minimum atomic E-state index is 0.189. The van der Waals surface area contributed by atoms with Crippen molar-refractivity contribution < 1.29 is 9.69 Å². The summed E-state index contributed by atoms with van der Waals surface area (Å²) in [5.74, 6) is 1.24. The summed E-state index contributed by atoms with van der Waals surface area (Å²) in [5, 5.41) is 0. The summed E-state index contributed by atoms with van der Waals surface area (Å²) in [7, 11) is 1.72. The molecule has 0 bridgehead atoms. The normalized spacial score (nSPS) is 21.7. The van der Waals surface area contributed by atoms with Crippen LogP contribution in [-0.2, 0) is 16.2 Å². The van der Waals surface area contributed by atoms with Gasteiger partial charge in [0.1, 0.15) is 5.82 Å². The van der Waals surface area contributed by atoms with Crippen LogP contribution in [-0.4, -0.2) is 50.2 Å². The van der Waals surface area contributed by atoms with E-state index in [2.05, 4.69) is 57.2 Å². The Morgan fingerprint density at radius 3 is 2.54 bits per heavy atom. The van der Waals surface area contributed by atoms with Gasteiger partial charge in [-0.25, -0.2) is 4.98 Å². The van der Waals surface area contributed by atoms with Crippen LogP contribution in [0.2, 0.25) is 0 Å². The molecule has 0 amide bonds. The number of benzene rings is 1. The van der Waals surface area contributed by atoms with Gasteiger partial charge in [0.2, 0.25) is 0 Å². The number of anilines is 1. The zero-order valence-corrected chi connectivity index (χ0v) is 13.7. The number of hydrogen-bond donors (Lipinski definition) is 0. The Balaban J connectivity index is 1.32. The van der Waals surface area contributed by atoms with E-state index in [1.54, 1.807) is 7.48 Å². The molecule has 0 spiro atoms. The predicted octanol–water partition coefficient (Wildman–Crippen LogP) is 2.03. The van der Waals surface area contributed by atoms with Crippen molar-refractivity contribution in [2.24, 2.45) is 0 Å². The SMILES string of the molecule is [B]1OOCC1c1ccc(N2CCN(Cc3ccccc3)CC2)nc1. The molecule has 1 atom stereocenters. The Hall–Kier alpha value is -1.89. The van der Waals surface area contributed by atoms with E-state index in [-0.39, 0.29) is 5.82 Å². The Morgan fingerprint density at radius 2 is 1.88 bits per heavy atom. The number of hydrogen-bond acceptors (Lipinski definition) is 5. The van der Waals surface area contributed by atoms with E-state index in [1.165, 1.54) is 5.56 Å². The molecule has 123 valence electrons. The first-order valence-electron chi connectivity index (χ1n) is 8.47. The van der Waals surface area contributed by atoms with Crippen LogP contribution in [0.3, 0.4) is 0 Å². The van der Waals surface area contributed by atoms with E-state index in [1.807, 2.05) is 6.20 Å². The summed E-state index contributed by atoms with van der Waals surface area (Å²) in [6.45, 7) is 5.76. The topological polar surface area (TPSA) is 37.8 Å². The van der Waals surface area contributed by atoms with Crippen LogP contribution in [0.25, 0.3) is 0 Å². The van der Waals surface area contributed by atoms with Gasteiger partial charge in [0, 0.05) is 44.7 Å². The Labute approximate surface area is 143 Å². The maximum Gasteiger partial charge on any atom is 0.354 e. The molecule has 2 fully saturated rings. The molecule has 24 heavy (non-hydrogen) atoms. The molecular formula is C18H21BN3O2. The van der Waals surface area contributed by atoms with Gasteiger partial charge in [0.25, 0.3) is 0 Å². The van der Waals surface area contributed by atoms with Crippen molar-refractivity contribution in [3.8, 4) is 0 Å². The highest BCUT2D eigenvalue weighted by atomic mass is 17.2. The van der Waals surface area contributed by atoms with Gasteiger partial charge in [0.15, 0.2) is 0 Å². The maximum atomic E-state index is 4.92. The third-order valence-electron chi connectivity index (χ3n) is 4.68. The van der Waals surface area contributed by atoms with Gasteiger partial charge in [-0.15, -0.1) is 0 Å². The van der Waals surface area contributed by atoms with Crippen molar-refractivity contribution >= 4 is 13.3 Å².